The summed E-state index contributed by atoms with van der Waals surface area (Å²) in [5.74, 6) is -3.98. The number of hydrogen-bond acceptors (Lipinski definition) is 13. The van der Waals surface area contributed by atoms with Gasteiger partial charge in [-0.15, -0.1) is 11.8 Å². The molecule has 4 aliphatic heterocycles. The molecule has 3 N–H and O–H groups in total. The fraction of sp³-hybridized carbons (Fsp3) is 0.536. The molecule has 3 saturated heterocycles. The lowest BCUT2D eigenvalue weighted by molar-refractivity contribution is -0.148. The van der Waals surface area contributed by atoms with Gasteiger partial charge >= 0.3 is 17.9 Å². The second-order valence-electron chi connectivity index (χ2n) is 11.1. The van der Waals surface area contributed by atoms with Gasteiger partial charge in [0, 0.05) is 29.1 Å². The van der Waals surface area contributed by atoms with Crippen LogP contribution >= 0.6 is 23.5 Å². The van der Waals surface area contributed by atoms with Crippen molar-refractivity contribution in [2.45, 2.75) is 72.0 Å². The summed E-state index contributed by atoms with van der Waals surface area (Å²) < 4.78 is 14.3. The van der Waals surface area contributed by atoms with Crippen LogP contribution in [0, 0.1) is 0 Å². The Kier molecular flexibility index (Phi) is 9.07. The molecule has 1 aromatic heterocycles. The molecule has 5 rings (SSSR count). The molecule has 4 aliphatic rings. The van der Waals surface area contributed by atoms with Crippen LogP contribution in [0.4, 0.5) is 0 Å². The van der Waals surface area contributed by atoms with Crippen LogP contribution in [0.3, 0.4) is 0 Å². The first-order valence-electron chi connectivity index (χ1n) is 13.8. The number of ether oxygens (including phenoxy) is 2. The van der Waals surface area contributed by atoms with Gasteiger partial charge < -0.3 is 34.3 Å². The highest BCUT2D eigenvalue weighted by atomic mass is 32.2. The van der Waals surface area contributed by atoms with E-state index in [0.717, 1.165) is 0 Å². The van der Waals surface area contributed by atoms with Crippen LogP contribution in [0.2, 0.25) is 0 Å². The average molecular weight is 650 g/mol. The summed E-state index contributed by atoms with van der Waals surface area (Å²) in [6.07, 6.45) is 7.26. The van der Waals surface area contributed by atoms with Crippen molar-refractivity contribution in [3.05, 3.63) is 36.1 Å². The lowest BCUT2D eigenvalue weighted by atomic mass is 9.82. The molecule has 16 heteroatoms. The Bertz CT molecular complexity index is 1450. The number of aromatic nitrogens is 1. The normalized spacial score (nSPS) is 35.2. The maximum Gasteiger partial charge on any atom is 0.339 e. The van der Waals surface area contributed by atoms with E-state index in [2.05, 4.69) is 15.5 Å². The fourth-order valence-electron chi connectivity index (χ4n) is 5.37. The number of carboxylic acids is 2. The van der Waals surface area contributed by atoms with Gasteiger partial charge in [0.1, 0.15) is 24.1 Å². The monoisotopic (exact) mass is 649 g/mol. The summed E-state index contributed by atoms with van der Waals surface area (Å²) in [6.45, 7) is 3.29. The molecule has 236 valence electrons. The minimum Gasteiger partial charge on any atom is -0.480 e. The first-order chi connectivity index (χ1) is 20.9. The number of aliphatic carboxylic acids is 2. The van der Waals surface area contributed by atoms with Gasteiger partial charge in [-0.25, -0.2) is 19.4 Å². The Hall–Kier alpha value is -3.47. The smallest absolute Gasteiger partial charge is 0.339 e. The highest BCUT2D eigenvalue weighted by Crippen LogP contribution is 2.64. The molecule has 0 aliphatic carbocycles. The topological polar surface area (TPSA) is 211 Å². The Morgan fingerprint density at radius 1 is 1.20 bits per heavy atom. The number of amides is 1. The number of hydrogen-bond donors (Lipinski definition) is 3. The summed E-state index contributed by atoms with van der Waals surface area (Å²) in [6, 6.07) is -1.21. The van der Waals surface area contributed by atoms with Gasteiger partial charge in [0.25, 0.3) is 0 Å². The third-order valence-corrected chi connectivity index (χ3v) is 11.7. The lowest BCUT2D eigenvalue weighted by Crippen LogP contribution is -2.49. The first-order valence-corrected chi connectivity index (χ1v) is 15.6. The van der Waals surface area contributed by atoms with E-state index >= 15 is 0 Å². The number of ketones is 1. The highest BCUT2D eigenvalue weighted by molar-refractivity contribution is 8.05. The lowest BCUT2D eigenvalue weighted by Gasteiger charge is -2.37. The van der Waals surface area contributed by atoms with Gasteiger partial charge in [-0.1, -0.05) is 17.3 Å². The van der Waals surface area contributed by atoms with Gasteiger partial charge in [0.2, 0.25) is 17.4 Å². The quantitative estimate of drug-likeness (QED) is 0.271. The maximum absolute atomic E-state index is 13.3. The van der Waals surface area contributed by atoms with Gasteiger partial charge in [-0.2, -0.15) is 11.8 Å². The third kappa shape index (κ3) is 6.77. The van der Waals surface area contributed by atoms with Crippen LogP contribution in [0.5, 0.6) is 0 Å². The van der Waals surface area contributed by atoms with Crippen molar-refractivity contribution in [3.8, 4) is 0 Å². The molecule has 5 heterocycles. The van der Waals surface area contributed by atoms with E-state index < -0.39 is 56.3 Å². The second-order valence-corrected chi connectivity index (χ2v) is 14.3. The molecule has 1 aromatic rings. The second kappa shape index (κ2) is 12.5. The number of nitrogens with zero attached hydrogens (tertiary/aromatic N) is 2. The number of fused-ring (bicyclic) bond motifs is 4. The summed E-state index contributed by atoms with van der Waals surface area (Å²) in [5, 5.41) is 25.7. The SMILES string of the molecule is CC(=O)N[C@H](CS[C@H]1CC(=O)/C=C/C=C\c2coc(n2)/C([C@H]2CO2)=N\OC(=O)C[C@@]2([C@@]3(C(=O)O)CO3)CC[C@]1(C)S2)C(=O)O. The molecule has 14 nitrogen and oxygen atoms in total. The molecule has 3 fully saturated rings. The highest BCUT2D eigenvalue weighted by Gasteiger charge is 2.72. The van der Waals surface area contributed by atoms with Crippen LogP contribution in [0.1, 0.15) is 51.1 Å². The van der Waals surface area contributed by atoms with E-state index in [4.69, 9.17) is 18.7 Å². The molecule has 0 saturated carbocycles. The van der Waals surface area contributed by atoms with E-state index in [1.54, 1.807) is 18.2 Å². The zero-order valence-electron chi connectivity index (χ0n) is 23.8. The summed E-state index contributed by atoms with van der Waals surface area (Å²) in [7, 11) is 0. The Morgan fingerprint density at radius 2 is 1.93 bits per heavy atom. The first kappa shape index (κ1) is 31.9. The van der Waals surface area contributed by atoms with Crippen molar-refractivity contribution in [2.24, 2.45) is 5.16 Å². The van der Waals surface area contributed by atoms with Gasteiger partial charge in [0.05, 0.1) is 24.4 Å². The zero-order chi connectivity index (χ0) is 31.7. The van der Waals surface area contributed by atoms with E-state index in [-0.39, 0.29) is 49.0 Å². The fourth-order valence-corrected chi connectivity index (χ4v) is 9.20. The van der Waals surface area contributed by atoms with Crippen molar-refractivity contribution in [1.29, 1.82) is 0 Å². The Labute approximate surface area is 260 Å². The standard InChI is InChI=1S/C28H31N3O11S2/c1-15(32)29-18(24(35)36)13-43-20-9-17(33)6-4-3-5-16-11-40-23(30-16)22(19-12-39-19)31-42-21(34)10-27(8-7-26(20,2)44-27)28(14-41-28)25(37)38/h3-6,11,18-20H,7-10,12-14H2,1-2H3,(H,29,32)(H,35,36)(H,37,38)/b5-3-,6-4+,31-22-/t18-,19-,20+,26+,27-,28+/m1/s1. The van der Waals surface area contributed by atoms with Gasteiger partial charge in [-0.05, 0) is 31.9 Å². The molecule has 0 unspecified atom stereocenters. The minimum absolute atomic E-state index is 0.0183. The number of epoxide rings is 2. The van der Waals surface area contributed by atoms with Gasteiger partial charge in [0.15, 0.2) is 11.5 Å². The molecule has 6 atom stereocenters. The number of oxime groups is 1. The number of nitrogens with one attached hydrogen (secondary N) is 1. The number of oxazole rings is 1. The molecule has 0 radical (unpaired) electrons. The summed E-state index contributed by atoms with van der Waals surface area (Å²) >= 11 is 2.44. The van der Waals surface area contributed by atoms with Crippen LogP contribution in [-0.2, 0) is 38.3 Å². The number of carboxylic acid groups (broad SMARTS) is 2. The molecule has 0 spiro atoms. The molecule has 4 bridgehead atoms. The molecular weight excluding hydrogens is 618 g/mol. The predicted molar refractivity (Wildman–Crippen MR) is 157 cm³/mol. The van der Waals surface area contributed by atoms with Crippen LogP contribution < -0.4 is 5.32 Å². The summed E-state index contributed by atoms with van der Waals surface area (Å²) in [5.41, 5.74) is -1.08. The number of thioether (sulfide) groups is 2. The number of carbonyl (C=O) groups is 5. The average Bonchev–Trinajstić information content (AvgIpc) is 3.88. The molecular formula is C28H31N3O11S2. The van der Waals surface area contributed by atoms with Crippen molar-refractivity contribution in [1.82, 2.24) is 10.3 Å². The molecule has 1 amide bonds. The Morgan fingerprint density at radius 3 is 2.57 bits per heavy atom. The third-order valence-electron chi connectivity index (χ3n) is 7.89. The van der Waals surface area contributed by atoms with E-state index in [1.165, 1.54) is 42.8 Å². The van der Waals surface area contributed by atoms with Gasteiger partial charge in [-0.3, -0.25) is 9.59 Å². The number of rotatable bonds is 8. The van der Waals surface area contributed by atoms with Crippen LogP contribution in [0.15, 0.2) is 34.1 Å². The predicted octanol–water partition coefficient (Wildman–Crippen LogP) is 1.82. The van der Waals surface area contributed by atoms with Crippen LogP contribution in [0.25, 0.3) is 6.08 Å². The maximum atomic E-state index is 13.3. The van der Waals surface area contributed by atoms with E-state index in [0.29, 0.717) is 18.7 Å². The zero-order valence-corrected chi connectivity index (χ0v) is 25.5. The molecule has 0 aromatic carbocycles. The van der Waals surface area contributed by atoms with Crippen molar-refractivity contribution in [3.63, 3.8) is 0 Å². The Balaban J connectivity index is 1.50. The van der Waals surface area contributed by atoms with Crippen molar-refractivity contribution in [2.75, 3.05) is 19.0 Å². The summed E-state index contributed by atoms with van der Waals surface area (Å²) in [4.78, 5) is 72.0. The van der Waals surface area contributed by atoms with E-state index in [9.17, 15) is 34.2 Å². The largest absolute Gasteiger partial charge is 0.480 e. The molecule has 44 heavy (non-hydrogen) atoms. The number of allylic oxidation sites excluding steroid dienone is 3. The number of carbonyl (C=O) groups excluding carboxylic acids is 3. The van der Waals surface area contributed by atoms with E-state index in [1.807, 2.05) is 6.92 Å². The van der Waals surface area contributed by atoms with Crippen molar-refractivity contribution < 1.29 is 52.9 Å². The van der Waals surface area contributed by atoms with Crippen LogP contribution in [-0.4, -0.2) is 102 Å². The minimum atomic E-state index is -1.66. The van der Waals surface area contributed by atoms with Crippen molar-refractivity contribution >= 4 is 64.9 Å².